The summed E-state index contributed by atoms with van der Waals surface area (Å²) in [5.41, 5.74) is 0.281. The molecule has 1 aromatic heterocycles. The SMILES string of the molecule is CCn1cc(S(N)(=O)=O)cc1C(=O)NCCCOC. The van der Waals surface area contributed by atoms with Crippen LogP contribution in [0.4, 0.5) is 0 Å². The predicted octanol–water partition coefficient (Wildman–Crippen LogP) is -0.0783. The van der Waals surface area contributed by atoms with Crippen LogP contribution in [0.3, 0.4) is 0 Å². The first-order chi connectivity index (χ1) is 8.90. The van der Waals surface area contributed by atoms with Crippen LogP contribution in [0.2, 0.25) is 0 Å². The summed E-state index contributed by atoms with van der Waals surface area (Å²) in [4.78, 5) is 11.9. The molecule has 0 aliphatic heterocycles. The minimum atomic E-state index is -3.80. The molecule has 0 aliphatic rings. The normalized spacial score (nSPS) is 11.5. The van der Waals surface area contributed by atoms with E-state index >= 15 is 0 Å². The fraction of sp³-hybridized carbons (Fsp3) is 0.545. The van der Waals surface area contributed by atoms with E-state index in [9.17, 15) is 13.2 Å². The number of rotatable bonds is 7. The maximum atomic E-state index is 11.9. The van der Waals surface area contributed by atoms with Crippen LogP contribution in [0.1, 0.15) is 23.8 Å². The van der Waals surface area contributed by atoms with Crippen molar-refractivity contribution in [1.82, 2.24) is 9.88 Å². The van der Waals surface area contributed by atoms with Crippen LogP contribution in [0, 0.1) is 0 Å². The quantitative estimate of drug-likeness (QED) is 0.685. The Kier molecular flexibility index (Phi) is 5.52. The maximum Gasteiger partial charge on any atom is 0.267 e. The van der Waals surface area contributed by atoms with Crippen LogP contribution in [0.25, 0.3) is 0 Å². The third-order valence-corrected chi connectivity index (χ3v) is 3.46. The molecule has 8 heteroatoms. The summed E-state index contributed by atoms with van der Waals surface area (Å²) >= 11 is 0. The van der Waals surface area contributed by atoms with Gasteiger partial charge in [0.05, 0.1) is 0 Å². The number of methoxy groups -OCH3 is 1. The molecule has 1 rings (SSSR count). The molecule has 0 aliphatic carbocycles. The lowest BCUT2D eigenvalue weighted by atomic mass is 10.3. The van der Waals surface area contributed by atoms with E-state index in [1.165, 1.54) is 12.3 Å². The number of ether oxygens (including phenoxy) is 1. The largest absolute Gasteiger partial charge is 0.385 e. The number of nitrogens with zero attached hydrogens (tertiary/aromatic N) is 1. The van der Waals surface area contributed by atoms with Crippen LogP contribution in [-0.4, -0.2) is 39.2 Å². The van der Waals surface area contributed by atoms with E-state index in [-0.39, 0.29) is 16.5 Å². The van der Waals surface area contributed by atoms with Crippen LogP contribution >= 0.6 is 0 Å². The molecule has 1 aromatic rings. The van der Waals surface area contributed by atoms with Crippen molar-refractivity contribution in [2.75, 3.05) is 20.3 Å². The summed E-state index contributed by atoms with van der Waals surface area (Å²) in [6, 6.07) is 1.28. The molecule has 108 valence electrons. The molecule has 0 saturated carbocycles. The van der Waals surface area contributed by atoms with Crippen molar-refractivity contribution in [2.45, 2.75) is 24.8 Å². The fourth-order valence-corrected chi connectivity index (χ4v) is 2.15. The molecular weight excluding hydrogens is 270 g/mol. The zero-order valence-electron chi connectivity index (χ0n) is 11.0. The first-order valence-electron chi connectivity index (χ1n) is 5.90. The number of carbonyl (C=O) groups is 1. The Morgan fingerprint density at radius 3 is 2.74 bits per heavy atom. The molecule has 1 heterocycles. The lowest BCUT2D eigenvalue weighted by molar-refractivity contribution is 0.0939. The smallest absolute Gasteiger partial charge is 0.267 e. The molecule has 7 nitrogen and oxygen atoms in total. The van der Waals surface area contributed by atoms with Gasteiger partial charge in [-0.05, 0) is 19.4 Å². The zero-order valence-corrected chi connectivity index (χ0v) is 11.9. The van der Waals surface area contributed by atoms with Crippen molar-refractivity contribution in [3.05, 3.63) is 18.0 Å². The number of primary sulfonamides is 1. The Hall–Kier alpha value is -1.38. The molecule has 0 fully saturated rings. The van der Waals surface area contributed by atoms with E-state index < -0.39 is 10.0 Å². The summed E-state index contributed by atoms with van der Waals surface area (Å²) in [5, 5.41) is 7.74. The van der Waals surface area contributed by atoms with Crippen molar-refractivity contribution in [1.29, 1.82) is 0 Å². The minimum absolute atomic E-state index is 0.0589. The summed E-state index contributed by atoms with van der Waals surface area (Å²) < 4.78 is 28.9. The third kappa shape index (κ3) is 4.34. The molecule has 0 saturated heterocycles. The number of amides is 1. The molecule has 0 radical (unpaired) electrons. The van der Waals surface area contributed by atoms with Gasteiger partial charge in [-0.15, -0.1) is 0 Å². The molecule has 1 amide bonds. The highest BCUT2D eigenvalue weighted by atomic mass is 32.2. The Labute approximate surface area is 112 Å². The summed E-state index contributed by atoms with van der Waals surface area (Å²) in [6.07, 6.45) is 2.05. The van der Waals surface area contributed by atoms with Gasteiger partial charge in [-0.2, -0.15) is 0 Å². The van der Waals surface area contributed by atoms with Crippen LogP contribution in [0.15, 0.2) is 17.2 Å². The van der Waals surface area contributed by atoms with E-state index in [0.717, 1.165) is 0 Å². The zero-order chi connectivity index (χ0) is 14.5. The Bertz CT molecular complexity index is 536. The minimum Gasteiger partial charge on any atom is -0.385 e. The molecule has 0 unspecified atom stereocenters. The highest BCUT2D eigenvalue weighted by molar-refractivity contribution is 7.89. The monoisotopic (exact) mass is 289 g/mol. The van der Waals surface area contributed by atoms with Gasteiger partial charge >= 0.3 is 0 Å². The van der Waals surface area contributed by atoms with Gasteiger partial charge < -0.3 is 14.6 Å². The fourth-order valence-electron chi connectivity index (χ4n) is 1.60. The molecule has 0 bridgehead atoms. The van der Waals surface area contributed by atoms with Gasteiger partial charge in [0.25, 0.3) is 5.91 Å². The lowest BCUT2D eigenvalue weighted by Gasteiger charge is -2.07. The topological polar surface area (TPSA) is 103 Å². The number of nitrogens with two attached hydrogens (primary N) is 1. The first kappa shape index (κ1) is 15.7. The van der Waals surface area contributed by atoms with Crippen LogP contribution in [0.5, 0.6) is 0 Å². The van der Waals surface area contributed by atoms with Gasteiger partial charge in [-0.25, -0.2) is 13.6 Å². The lowest BCUT2D eigenvalue weighted by Crippen LogP contribution is -2.27. The molecular formula is C11H19N3O4S. The summed E-state index contributed by atoms with van der Waals surface area (Å²) in [6.45, 7) is 3.31. The average molecular weight is 289 g/mol. The van der Waals surface area contributed by atoms with Crippen molar-refractivity contribution < 1.29 is 17.9 Å². The van der Waals surface area contributed by atoms with E-state index in [2.05, 4.69) is 5.32 Å². The Morgan fingerprint density at radius 1 is 1.53 bits per heavy atom. The molecule has 0 spiro atoms. The molecule has 0 aromatic carbocycles. The maximum absolute atomic E-state index is 11.9. The number of aromatic nitrogens is 1. The van der Waals surface area contributed by atoms with Gasteiger partial charge in [0.2, 0.25) is 10.0 Å². The highest BCUT2D eigenvalue weighted by Gasteiger charge is 2.17. The number of sulfonamides is 1. The summed E-state index contributed by atoms with van der Waals surface area (Å²) in [7, 11) is -2.21. The van der Waals surface area contributed by atoms with E-state index in [1.54, 1.807) is 11.7 Å². The van der Waals surface area contributed by atoms with Crippen LogP contribution < -0.4 is 10.5 Å². The van der Waals surface area contributed by atoms with Crippen molar-refractivity contribution in [3.8, 4) is 0 Å². The standard InChI is InChI=1S/C11H19N3O4S/c1-3-14-8-9(19(12,16)17)7-10(14)11(15)13-5-4-6-18-2/h7-8H,3-6H2,1-2H3,(H,13,15)(H2,12,16,17). The Morgan fingerprint density at radius 2 is 2.21 bits per heavy atom. The highest BCUT2D eigenvalue weighted by Crippen LogP contribution is 2.13. The van der Waals surface area contributed by atoms with E-state index in [4.69, 9.17) is 9.88 Å². The van der Waals surface area contributed by atoms with Crippen molar-refractivity contribution in [2.24, 2.45) is 5.14 Å². The molecule has 0 atom stereocenters. The number of hydrogen-bond donors (Lipinski definition) is 2. The van der Waals surface area contributed by atoms with Gasteiger partial charge in [0.15, 0.2) is 0 Å². The van der Waals surface area contributed by atoms with Gasteiger partial charge in [0, 0.05) is 33.0 Å². The average Bonchev–Trinajstić information content (AvgIpc) is 2.78. The Balaban J connectivity index is 2.81. The number of aryl methyl sites for hydroxylation is 1. The second-order valence-electron chi connectivity index (χ2n) is 3.99. The first-order valence-corrected chi connectivity index (χ1v) is 7.45. The second kappa shape index (κ2) is 6.69. The van der Waals surface area contributed by atoms with Crippen molar-refractivity contribution in [3.63, 3.8) is 0 Å². The number of carbonyl (C=O) groups excluding carboxylic acids is 1. The number of nitrogens with one attached hydrogen (secondary N) is 1. The van der Waals surface area contributed by atoms with Gasteiger partial charge in [0.1, 0.15) is 10.6 Å². The number of hydrogen-bond acceptors (Lipinski definition) is 4. The van der Waals surface area contributed by atoms with Crippen LogP contribution in [-0.2, 0) is 21.3 Å². The third-order valence-electron chi connectivity index (χ3n) is 2.58. The van der Waals surface area contributed by atoms with Gasteiger partial charge in [-0.1, -0.05) is 0 Å². The van der Waals surface area contributed by atoms with E-state index in [1.807, 2.05) is 6.92 Å². The predicted molar refractivity (Wildman–Crippen MR) is 70.3 cm³/mol. The second-order valence-corrected chi connectivity index (χ2v) is 5.56. The van der Waals surface area contributed by atoms with Crippen molar-refractivity contribution >= 4 is 15.9 Å². The van der Waals surface area contributed by atoms with E-state index in [0.29, 0.717) is 26.1 Å². The van der Waals surface area contributed by atoms with Gasteiger partial charge in [-0.3, -0.25) is 4.79 Å². The summed E-state index contributed by atoms with van der Waals surface area (Å²) in [5.74, 6) is -0.326. The molecule has 3 N–H and O–H groups in total. The molecule has 19 heavy (non-hydrogen) atoms.